The quantitative estimate of drug-likeness (QED) is 0.644. The molecule has 3 aromatic rings. The van der Waals surface area contributed by atoms with Gasteiger partial charge in [-0.05, 0) is 31.2 Å². The highest BCUT2D eigenvalue weighted by molar-refractivity contribution is 7.99. The van der Waals surface area contributed by atoms with E-state index >= 15 is 0 Å². The minimum atomic E-state index is -0.567. The standard InChI is InChI=1S/C18H17FN4O2S/c1-12(25-15-10-6-5-9-14(15)19)17-21-22-18(26-11-16(20)24)23(17)13-7-3-2-4-8-13/h2-10,12H,11H2,1H3,(H2,20,24). The molecule has 6 nitrogen and oxygen atoms in total. The van der Waals surface area contributed by atoms with Gasteiger partial charge in [-0.1, -0.05) is 42.1 Å². The summed E-state index contributed by atoms with van der Waals surface area (Å²) in [5, 5.41) is 8.84. The Hall–Kier alpha value is -2.87. The number of nitrogens with zero attached hydrogens (tertiary/aromatic N) is 3. The lowest BCUT2D eigenvalue weighted by Crippen LogP contribution is -2.15. The number of carbonyl (C=O) groups excluding carboxylic acids is 1. The Morgan fingerprint density at radius 1 is 1.19 bits per heavy atom. The van der Waals surface area contributed by atoms with E-state index in [0.29, 0.717) is 11.0 Å². The molecule has 134 valence electrons. The first-order valence-electron chi connectivity index (χ1n) is 7.89. The van der Waals surface area contributed by atoms with Crippen LogP contribution in [0.5, 0.6) is 5.75 Å². The Morgan fingerprint density at radius 3 is 2.58 bits per heavy atom. The Balaban J connectivity index is 1.95. The van der Waals surface area contributed by atoms with Crippen LogP contribution in [0.15, 0.2) is 59.8 Å². The zero-order valence-corrected chi connectivity index (χ0v) is 14.8. The first-order valence-corrected chi connectivity index (χ1v) is 8.88. The van der Waals surface area contributed by atoms with Gasteiger partial charge in [0.15, 0.2) is 28.7 Å². The van der Waals surface area contributed by atoms with Crippen molar-refractivity contribution in [1.82, 2.24) is 14.8 Å². The maximum atomic E-state index is 13.9. The molecule has 1 heterocycles. The SMILES string of the molecule is CC(Oc1ccccc1F)c1nnc(SCC(N)=O)n1-c1ccccc1. The van der Waals surface area contributed by atoms with Crippen LogP contribution in [0, 0.1) is 5.82 Å². The molecule has 2 aromatic carbocycles. The second-order valence-electron chi connectivity index (χ2n) is 5.46. The molecule has 0 aliphatic carbocycles. The van der Waals surface area contributed by atoms with Crippen LogP contribution in [0.25, 0.3) is 5.69 Å². The summed E-state index contributed by atoms with van der Waals surface area (Å²) in [5.41, 5.74) is 6.04. The van der Waals surface area contributed by atoms with Gasteiger partial charge in [0.2, 0.25) is 5.91 Å². The second kappa shape index (κ2) is 8.01. The maximum absolute atomic E-state index is 13.9. The van der Waals surface area contributed by atoms with E-state index < -0.39 is 17.8 Å². The highest BCUT2D eigenvalue weighted by Crippen LogP contribution is 2.28. The number of rotatable bonds is 7. The molecule has 1 unspecified atom stereocenters. The van der Waals surface area contributed by atoms with Gasteiger partial charge in [-0.2, -0.15) is 0 Å². The second-order valence-corrected chi connectivity index (χ2v) is 6.40. The summed E-state index contributed by atoms with van der Waals surface area (Å²) in [6.07, 6.45) is -0.567. The summed E-state index contributed by atoms with van der Waals surface area (Å²) in [6, 6.07) is 15.6. The smallest absolute Gasteiger partial charge is 0.227 e. The van der Waals surface area contributed by atoms with Gasteiger partial charge in [0.1, 0.15) is 0 Å². The molecule has 1 aromatic heterocycles. The molecule has 0 aliphatic heterocycles. The van der Waals surface area contributed by atoms with E-state index in [1.165, 1.54) is 17.8 Å². The zero-order valence-electron chi connectivity index (χ0n) is 14.0. The fraction of sp³-hybridized carbons (Fsp3) is 0.167. The summed E-state index contributed by atoms with van der Waals surface area (Å²) < 4.78 is 21.4. The molecule has 0 bridgehead atoms. The van der Waals surface area contributed by atoms with E-state index in [-0.39, 0.29) is 11.5 Å². The van der Waals surface area contributed by atoms with E-state index in [9.17, 15) is 9.18 Å². The van der Waals surface area contributed by atoms with Crippen LogP contribution < -0.4 is 10.5 Å². The van der Waals surface area contributed by atoms with Crippen LogP contribution >= 0.6 is 11.8 Å². The van der Waals surface area contributed by atoms with E-state index in [0.717, 1.165) is 5.69 Å². The fourth-order valence-corrected chi connectivity index (χ4v) is 3.07. The zero-order chi connectivity index (χ0) is 18.5. The van der Waals surface area contributed by atoms with Crippen LogP contribution in [-0.2, 0) is 4.79 Å². The van der Waals surface area contributed by atoms with Crippen molar-refractivity contribution in [1.29, 1.82) is 0 Å². The molecule has 0 spiro atoms. The summed E-state index contributed by atoms with van der Waals surface area (Å²) in [7, 11) is 0. The first kappa shape index (κ1) is 17.9. The molecular weight excluding hydrogens is 355 g/mol. The lowest BCUT2D eigenvalue weighted by molar-refractivity contribution is -0.115. The molecule has 3 rings (SSSR count). The highest BCUT2D eigenvalue weighted by Gasteiger charge is 2.22. The van der Waals surface area contributed by atoms with Gasteiger partial charge in [-0.15, -0.1) is 10.2 Å². The van der Waals surface area contributed by atoms with E-state index in [4.69, 9.17) is 10.5 Å². The Bertz CT molecular complexity index is 901. The van der Waals surface area contributed by atoms with Crippen molar-refractivity contribution in [3.05, 3.63) is 66.2 Å². The number of ether oxygens (including phenoxy) is 1. The van der Waals surface area contributed by atoms with Crippen molar-refractivity contribution in [2.45, 2.75) is 18.2 Å². The normalized spacial score (nSPS) is 11.9. The van der Waals surface area contributed by atoms with Gasteiger partial charge in [0.25, 0.3) is 0 Å². The van der Waals surface area contributed by atoms with E-state index in [1.54, 1.807) is 29.7 Å². The third-order valence-electron chi connectivity index (χ3n) is 3.52. The number of thioether (sulfide) groups is 1. The molecule has 0 saturated heterocycles. The summed E-state index contributed by atoms with van der Waals surface area (Å²) in [4.78, 5) is 11.1. The number of hydrogen-bond acceptors (Lipinski definition) is 5. The maximum Gasteiger partial charge on any atom is 0.227 e. The van der Waals surface area contributed by atoms with Crippen molar-refractivity contribution in [3.63, 3.8) is 0 Å². The van der Waals surface area contributed by atoms with Crippen molar-refractivity contribution < 1.29 is 13.9 Å². The molecule has 2 N–H and O–H groups in total. The number of amides is 1. The number of nitrogens with two attached hydrogens (primary N) is 1. The molecule has 0 aliphatic rings. The number of hydrogen-bond donors (Lipinski definition) is 1. The summed E-state index contributed by atoms with van der Waals surface area (Å²) in [5.74, 6) is -0.198. The van der Waals surface area contributed by atoms with Gasteiger partial charge in [-0.3, -0.25) is 9.36 Å². The third-order valence-corrected chi connectivity index (χ3v) is 4.47. The van der Waals surface area contributed by atoms with Gasteiger partial charge in [0.05, 0.1) is 5.75 Å². The van der Waals surface area contributed by atoms with Crippen molar-refractivity contribution in [2.75, 3.05) is 5.75 Å². The Kier molecular flexibility index (Phi) is 5.52. The van der Waals surface area contributed by atoms with Gasteiger partial charge in [-0.25, -0.2) is 4.39 Å². The van der Waals surface area contributed by atoms with Crippen molar-refractivity contribution in [3.8, 4) is 11.4 Å². The van der Waals surface area contributed by atoms with Crippen LogP contribution in [0.4, 0.5) is 4.39 Å². The Morgan fingerprint density at radius 2 is 1.88 bits per heavy atom. The molecule has 0 radical (unpaired) electrons. The van der Waals surface area contributed by atoms with Crippen LogP contribution in [0.3, 0.4) is 0 Å². The lowest BCUT2D eigenvalue weighted by Gasteiger charge is -2.17. The number of aromatic nitrogens is 3. The monoisotopic (exact) mass is 372 g/mol. The number of primary amides is 1. The van der Waals surface area contributed by atoms with Gasteiger partial charge < -0.3 is 10.5 Å². The first-order chi connectivity index (χ1) is 12.6. The summed E-state index contributed by atoms with van der Waals surface area (Å²) in [6.45, 7) is 1.76. The number of carbonyl (C=O) groups is 1. The largest absolute Gasteiger partial charge is 0.480 e. The molecule has 1 amide bonds. The Labute approximate surface area is 154 Å². The number of para-hydroxylation sites is 2. The molecule has 8 heteroatoms. The lowest BCUT2D eigenvalue weighted by atomic mass is 10.3. The third kappa shape index (κ3) is 4.02. The number of benzene rings is 2. The van der Waals surface area contributed by atoms with Crippen LogP contribution in [0.1, 0.15) is 18.9 Å². The van der Waals surface area contributed by atoms with Gasteiger partial charge in [0, 0.05) is 5.69 Å². The molecule has 1 atom stereocenters. The fourth-order valence-electron chi connectivity index (χ4n) is 2.38. The summed E-state index contributed by atoms with van der Waals surface area (Å²) >= 11 is 1.18. The predicted octanol–water partition coefficient (Wildman–Crippen LogP) is 3.12. The van der Waals surface area contributed by atoms with Gasteiger partial charge >= 0.3 is 0 Å². The van der Waals surface area contributed by atoms with Crippen molar-refractivity contribution in [2.24, 2.45) is 5.73 Å². The molecule has 0 fully saturated rings. The minimum absolute atomic E-state index is 0.0769. The van der Waals surface area contributed by atoms with E-state index in [1.807, 2.05) is 30.3 Å². The average molecular weight is 372 g/mol. The number of halogens is 1. The minimum Gasteiger partial charge on any atom is -0.480 e. The predicted molar refractivity (Wildman–Crippen MR) is 96.7 cm³/mol. The van der Waals surface area contributed by atoms with E-state index in [2.05, 4.69) is 10.2 Å². The molecular formula is C18H17FN4O2S. The van der Waals surface area contributed by atoms with Crippen molar-refractivity contribution >= 4 is 17.7 Å². The molecule has 0 saturated carbocycles. The van der Waals surface area contributed by atoms with Crippen LogP contribution in [0.2, 0.25) is 0 Å². The average Bonchev–Trinajstić information content (AvgIpc) is 3.06. The highest BCUT2D eigenvalue weighted by atomic mass is 32.2. The van der Waals surface area contributed by atoms with Crippen LogP contribution in [-0.4, -0.2) is 26.4 Å². The molecule has 26 heavy (non-hydrogen) atoms. The topological polar surface area (TPSA) is 83.0 Å².